The van der Waals surface area contributed by atoms with E-state index < -0.39 is 12.1 Å². The summed E-state index contributed by atoms with van der Waals surface area (Å²) in [4.78, 5) is 19.1. The molecule has 0 aromatic rings. The van der Waals surface area contributed by atoms with Gasteiger partial charge in [0.2, 0.25) is 5.91 Å². The van der Waals surface area contributed by atoms with Crippen molar-refractivity contribution in [2.45, 2.75) is 25.4 Å². The maximum Gasteiger partial charge on any atom is 0.490 e. The smallest absolute Gasteiger partial charge is 0.475 e. The second-order valence-electron chi connectivity index (χ2n) is 2.83. The third-order valence-electron chi connectivity index (χ3n) is 1.75. The van der Waals surface area contributed by atoms with Crippen LogP contribution in [0.1, 0.15) is 19.3 Å². The summed E-state index contributed by atoms with van der Waals surface area (Å²) in [5, 5.41) is 7.12. The molecule has 0 saturated heterocycles. The molecule has 1 saturated carbocycles. The normalized spacial score (nSPS) is 16.2. The summed E-state index contributed by atoms with van der Waals surface area (Å²) in [6, 6.07) is 0. The Morgan fingerprint density at radius 2 is 1.64 bits per heavy atom. The van der Waals surface area contributed by atoms with Gasteiger partial charge in [-0.15, -0.1) is 0 Å². The molecule has 0 radical (unpaired) electrons. The van der Waals surface area contributed by atoms with Gasteiger partial charge in [-0.1, -0.05) is 6.42 Å². The van der Waals surface area contributed by atoms with Crippen LogP contribution in [0.5, 0.6) is 0 Å². The minimum atomic E-state index is -5.08. The van der Waals surface area contributed by atoms with Crippen LogP contribution in [0, 0.1) is 5.92 Å². The summed E-state index contributed by atoms with van der Waals surface area (Å²) in [5.74, 6) is -2.65. The molecule has 0 heterocycles. The molecular weight excluding hydrogens is 203 g/mol. The highest BCUT2D eigenvalue weighted by atomic mass is 19.4. The van der Waals surface area contributed by atoms with Crippen LogP contribution in [0.2, 0.25) is 0 Å². The third-order valence-corrected chi connectivity index (χ3v) is 1.75. The number of carbonyl (C=O) groups is 2. The molecule has 0 aromatic heterocycles. The first-order valence-corrected chi connectivity index (χ1v) is 3.84. The molecule has 0 bridgehead atoms. The van der Waals surface area contributed by atoms with Gasteiger partial charge in [0.25, 0.3) is 0 Å². The number of amides is 1. The highest BCUT2D eigenvalue weighted by Crippen LogP contribution is 2.25. The second-order valence-corrected chi connectivity index (χ2v) is 2.83. The van der Waals surface area contributed by atoms with Crippen molar-refractivity contribution in [3.8, 4) is 0 Å². The average molecular weight is 213 g/mol. The van der Waals surface area contributed by atoms with Crippen molar-refractivity contribution < 1.29 is 27.9 Å². The number of hydrogen-bond acceptors (Lipinski definition) is 2. The van der Waals surface area contributed by atoms with E-state index in [0.29, 0.717) is 0 Å². The first-order valence-electron chi connectivity index (χ1n) is 3.84. The number of hydrogen-bond donors (Lipinski definition) is 2. The van der Waals surface area contributed by atoms with E-state index in [1.807, 2.05) is 0 Å². The van der Waals surface area contributed by atoms with Crippen LogP contribution in [0.3, 0.4) is 0 Å². The number of carbonyl (C=O) groups excluding carboxylic acids is 1. The van der Waals surface area contributed by atoms with Gasteiger partial charge in [0, 0.05) is 5.92 Å². The molecule has 7 heteroatoms. The number of primary amides is 1. The Morgan fingerprint density at radius 3 is 1.64 bits per heavy atom. The van der Waals surface area contributed by atoms with Gasteiger partial charge < -0.3 is 10.8 Å². The Bertz CT molecular complexity index is 223. The molecule has 1 rings (SSSR count). The molecule has 0 spiro atoms. The topological polar surface area (TPSA) is 80.4 Å². The summed E-state index contributed by atoms with van der Waals surface area (Å²) in [5.41, 5.74) is 4.96. The maximum absolute atomic E-state index is 10.6. The fourth-order valence-corrected chi connectivity index (χ4v) is 0.693. The van der Waals surface area contributed by atoms with Crippen molar-refractivity contribution in [1.82, 2.24) is 0 Å². The van der Waals surface area contributed by atoms with Crippen LogP contribution >= 0.6 is 0 Å². The molecular formula is C7H10F3NO3. The molecule has 82 valence electrons. The van der Waals surface area contributed by atoms with E-state index in [1.165, 1.54) is 6.42 Å². The monoisotopic (exact) mass is 213 g/mol. The van der Waals surface area contributed by atoms with E-state index in [0.717, 1.165) is 12.8 Å². The summed E-state index contributed by atoms with van der Waals surface area (Å²) >= 11 is 0. The Labute approximate surface area is 77.9 Å². The van der Waals surface area contributed by atoms with Gasteiger partial charge in [0.15, 0.2) is 0 Å². The van der Waals surface area contributed by atoms with Gasteiger partial charge in [0.05, 0.1) is 0 Å². The molecule has 0 unspecified atom stereocenters. The Hall–Kier alpha value is -1.27. The van der Waals surface area contributed by atoms with Crippen LogP contribution in [-0.4, -0.2) is 23.2 Å². The van der Waals surface area contributed by atoms with E-state index >= 15 is 0 Å². The average Bonchev–Trinajstić information content (AvgIpc) is 1.79. The first-order chi connectivity index (χ1) is 6.25. The van der Waals surface area contributed by atoms with Crippen molar-refractivity contribution in [1.29, 1.82) is 0 Å². The zero-order valence-electron chi connectivity index (χ0n) is 7.17. The molecule has 1 aliphatic rings. The molecule has 1 amide bonds. The van der Waals surface area contributed by atoms with Crippen LogP contribution in [0.4, 0.5) is 13.2 Å². The van der Waals surface area contributed by atoms with Gasteiger partial charge in [-0.3, -0.25) is 4.79 Å². The Balaban J connectivity index is 0.000000241. The van der Waals surface area contributed by atoms with Crippen molar-refractivity contribution in [2.24, 2.45) is 11.7 Å². The zero-order valence-corrected chi connectivity index (χ0v) is 7.17. The lowest BCUT2D eigenvalue weighted by molar-refractivity contribution is -0.192. The van der Waals surface area contributed by atoms with E-state index in [1.54, 1.807) is 0 Å². The highest BCUT2D eigenvalue weighted by molar-refractivity contribution is 5.77. The van der Waals surface area contributed by atoms with E-state index in [2.05, 4.69) is 0 Å². The lowest BCUT2D eigenvalue weighted by Gasteiger charge is -2.20. The molecule has 1 aliphatic carbocycles. The molecule has 14 heavy (non-hydrogen) atoms. The maximum atomic E-state index is 10.6. The lowest BCUT2D eigenvalue weighted by atomic mass is 9.85. The van der Waals surface area contributed by atoms with Gasteiger partial charge in [-0.05, 0) is 12.8 Å². The fraction of sp³-hybridized carbons (Fsp3) is 0.714. The lowest BCUT2D eigenvalue weighted by Crippen LogP contribution is -2.28. The predicted octanol–water partition coefficient (Wildman–Crippen LogP) is 0.905. The van der Waals surface area contributed by atoms with Gasteiger partial charge in [0.1, 0.15) is 0 Å². The number of aliphatic carboxylic acids is 1. The van der Waals surface area contributed by atoms with Crippen molar-refractivity contribution in [3.63, 3.8) is 0 Å². The number of halogens is 3. The molecule has 3 N–H and O–H groups in total. The quantitative estimate of drug-likeness (QED) is 0.679. The standard InChI is InChI=1S/C5H9NO.C2HF3O2/c6-5(7)4-2-1-3-4;3-2(4,5)1(6)7/h4H,1-3H2,(H2,6,7);(H,6,7). The third kappa shape index (κ3) is 4.68. The SMILES string of the molecule is NC(=O)C1CCC1.O=C(O)C(F)(F)F. The minimum Gasteiger partial charge on any atom is -0.475 e. The number of nitrogens with two attached hydrogens (primary N) is 1. The zero-order chi connectivity index (χ0) is 11.4. The van der Waals surface area contributed by atoms with Gasteiger partial charge >= 0.3 is 12.1 Å². The summed E-state index contributed by atoms with van der Waals surface area (Å²) in [6.45, 7) is 0. The molecule has 0 atom stereocenters. The number of carboxylic acid groups (broad SMARTS) is 1. The largest absolute Gasteiger partial charge is 0.490 e. The van der Waals surface area contributed by atoms with Crippen LogP contribution in [0.15, 0.2) is 0 Å². The molecule has 0 aromatic carbocycles. The molecule has 4 nitrogen and oxygen atoms in total. The van der Waals surface area contributed by atoms with E-state index in [9.17, 15) is 18.0 Å². The van der Waals surface area contributed by atoms with E-state index in [4.69, 9.17) is 15.6 Å². The van der Waals surface area contributed by atoms with Crippen LogP contribution < -0.4 is 5.73 Å². The van der Waals surface area contributed by atoms with Crippen LogP contribution in [-0.2, 0) is 9.59 Å². The van der Waals surface area contributed by atoms with Crippen molar-refractivity contribution in [2.75, 3.05) is 0 Å². The van der Waals surface area contributed by atoms with Crippen molar-refractivity contribution >= 4 is 11.9 Å². The Kier molecular flexibility index (Phi) is 4.39. The summed E-state index contributed by atoms with van der Waals surface area (Å²) < 4.78 is 31.7. The first kappa shape index (κ1) is 12.7. The highest BCUT2D eigenvalue weighted by Gasteiger charge is 2.38. The predicted molar refractivity (Wildman–Crippen MR) is 40.2 cm³/mol. The minimum absolute atomic E-state index is 0.119. The van der Waals surface area contributed by atoms with Gasteiger partial charge in [-0.25, -0.2) is 4.79 Å². The van der Waals surface area contributed by atoms with E-state index in [-0.39, 0.29) is 11.8 Å². The number of carboxylic acids is 1. The molecule has 0 aliphatic heterocycles. The fourth-order valence-electron chi connectivity index (χ4n) is 0.693. The van der Waals surface area contributed by atoms with Crippen LogP contribution in [0.25, 0.3) is 0 Å². The second kappa shape index (κ2) is 4.83. The summed E-state index contributed by atoms with van der Waals surface area (Å²) in [7, 11) is 0. The van der Waals surface area contributed by atoms with Crippen molar-refractivity contribution in [3.05, 3.63) is 0 Å². The molecule has 1 fully saturated rings. The Morgan fingerprint density at radius 1 is 1.29 bits per heavy atom. The summed E-state index contributed by atoms with van der Waals surface area (Å²) in [6.07, 6.45) is -1.85. The number of rotatable bonds is 1. The number of alkyl halides is 3. The van der Waals surface area contributed by atoms with Gasteiger partial charge in [-0.2, -0.15) is 13.2 Å².